The van der Waals surface area contributed by atoms with Crippen molar-refractivity contribution in [1.29, 1.82) is 0 Å². The van der Waals surface area contributed by atoms with E-state index in [1.54, 1.807) is 0 Å². The van der Waals surface area contributed by atoms with Crippen LogP contribution in [0.15, 0.2) is 12.4 Å². The van der Waals surface area contributed by atoms with Crippen molar-refractivity contribution in [2.45, 2.75) is 58.4 Å². The van der Waals surface area contributed by atoms with Crippen LogP contribution in [0.5, 0.6) is 0 Å². The number of nitrogens with one attached hydrogen (secondary N) is 1. The third kappa shape index (κ3) is 5.91. The van der Waals surface area contributed by atoms with Crippen LogP contribution in [0.3, 0.4) is 0 Å². The summed E-state index contributed by atoms with van der Waals surface area (Å²) in [5.74, 6) is 1.18. The monoisotopic (exact) mass is 269 g/mol. The van der Waals surface area contributed by atoms with E-state index in [0.29, 0.717) is 11.3 Å². The van der Waals surface area contributed by atoms with Crippen molar-refractivity contribution in [3.63, 3.8) is 0 Å². The molecule has 104 valence electrons. The van der Waals surface area contributed by atoms with Crippen molar-refractivity contribution >= 4 is 11.8 Å². The molecule has 1 heterocycles. The van der Waals surface area contributed by atoms with Crippen LogP contribution in [0.25, 0.3) is 0 Å². The van der Waals surface area contributed by atoms with E-state index in [1.807, 2.05) is 22.6 Å². The average molecular weight is 269 g/mol. The van der Waals surface area contributed by atoms with Gasteiger partial charge in [0.25, 0.3) is 0 Å². The molecule has 3 nitrogen and oxygen atoms in total. The summed E-state index contributed by atoms with van der Waals surface area (Å²) >= 11 is 2.03. The van der Waals surface area contributed by atoms with E-state index in [-0.39, 0.29) is 0 Å². The number of nitrogens with zero attached hydrogens (tertiary/aromatic N) is 2. The van der Waals surface area contributed by atoms with Gasteiger partial charge in [0.1, 0.15) is 0 Å². The number of hydrogen-bond donors (Lipinski definition) is 1. The van der Waals surface area contributed by atoms with Crippen LogP contribution in [-0.4, -0.2) is 33.4 Å². The molecule has 0 spiro atoms. The van der Waals surface area contributed by atoms with Gasteiger partial charge in [-0.15, -0.1) is 0 Å². The van der Waals surface area contributed by atoms with Gasteiger partial charge in [0, 0.05) is 24.5 Å². The van der Waals surface area contributed by atoms with Gasteiger partial charge in [0.05, 0.1) is 6.20 Å². The molecule has 0 amide bonds. The fourth-order valence-electron chi connectivity index (χ4n) is 1.82. The van der Waals surface area contributed by atoms with Crippen molar-refractivity contribution in [2.24, 2.45) is 0 Å². The molecule has 0 saturated heterocycles. The molecule has 0 aliphatic rings. The molecular weight excluding hydrogens is 242 g/mol. The van der Waals surface area contributed by atoms with Gasteiger partial charge in [-0.05, 0) is 37.1 Å². The first kappa shape index (κ1) is 15.6. The first-order valence-corrected chi connectivity index (χ1v) is 8.06. The normalized spacial score (nSPS) is 13.2. The highest BCUT2D eigenvalue weighted by Gasteiger charge is 2.11. The van der Waals surface area contributed by atoms with Gasteiger partial charge in [0.2, 0.25) is 0 Å². The summed E-state index contributed by atoms with van der Waals surface area (Å²) in [6.07, 6.45) is 6.45. The predicted molar refractivity (Wildman–Crippen MR) is 81.3 cm³/mol. The van der Waals surface area contributed by atoms with Crippen LogP contribution in [0.4, 0.5) is 0 Å². The molecule has 1 atom stereocenters. The molecule has 0 fully saturated rings. The van der Waals surface area contributed by atoms with Crippen molar-refractivity contribution in [3.8, 4) is 0 Å². The Morgan fingerprint density at radius 2 is 2.17 bits per heavy atom. The zero-order chi connectivity index (χ0) is 13.4. The summed E-state index contributed by atoms with van der Waals surface area (Å²) in [6.45, 7) is 10.9. The van der Waals surface area contributed by atoms with E-state index in [2.05, 4.69) is 44.3 Å². The number of thioether (sulfide) groups is 1. The first-order chi connectivity index (χ1) is 8.65. The zero-order valence-corrected chi connectivity index (χ0v) is 13.0. The Balaban J connectivity index is 2.47. The first-order valence-electron chi connectivity index (χ1n) is 7.02. The van der Waals surface area contributed by atoms with Gasteiger partial charge < -0.3 is 5.32 Å². The lowest BCUT2D eigenvalue weighted by atomic mass is 10.1. The van der Waals surface area contributed by atoms with Gasteiger partial charge in [-0.25, -0.2) is 0 Å². The van der Waals surface area contributed by atoms with Crippen LogP contribution in [0, 0.1) is 0 Å². The SMILES string of the molecule is CCCNC(CSC(C)C)Cc1cnn(CC)c1. The molecule has 0 bridgehead atoms. The maximum Gasteiger partial charge on any atom is 0.0522 e. The summed E-state index contributed by atoms with van der Waals surface area (Å²) in [7, 11) is 0. The summed E-state index contributed by atoms with van der Waals surface area (Å²) in [4.78, 5) is 0. The van der Waals surface area contributed by atoms with Crippen molar-refractivity contribution < 1.29 is 0 Å². The Morgan fingerprint density at radius 3 is 2.72 bits per heavy atom. The molecular formula is C14H27N3S. The number of aryl methyl sites for hydroxylation is 1. The molecule has 4 heteroatoms. The molecule has 1 N–H and O–H groups in total. The third-order valence-electron chi connectivity index (χ3n) is 2.81. The Kier molecular flexibility index (Phi) is 7.44. The molecule has 0 aliphatic carbocycles. The Hall–Kier alpha value is -0.480. The van der Waals surface area contributed by atoms with Gasteiger partial charge in [-0.3, -0.25) is 4.68 Å². The molecule has 0 aromatic carbocycles. The van der Waals surface area contributed by atoms with E-state index >= 15 is 0 Å². The zero-order valence-electron chi connectivity index (χ0n) is 12.1. The van der Waals surface area contributed by atoms with E-state index in [1.165, 1.54) is 17.7 Å². The van der Waals surface area contributed by atoms with Crippen LogP contribution in [0.1, 0.15) is 39.7 Å². The van der Waals surface area contributed by atoms with Gasteiger partial charge in [-0.2, -0.15) is 16.9 Å². The molecule has 0 aliphatic heterocycles. The molecule has 1 aromatic rings. The number of hydrogen-bond acceptors (Lipinski definition) is 3. The van der Waals surface area contributed by atoms with Crippen LogP contribution in [-0.2, 0) is 13.0 Å². The lowest BCUT2D eigenvalue weighted by Crippen LogP contribution is -2.34. The molecule has 1 unspecified atom stereocenters. The second-order valence-corrected chi connectivity index (χ2v) is 6.55. The molecule has 1 rings (SSSR count). The quantitative estimate of drug-likeness (QED) is 0.747. The minimum Gasteiger partial charge on any atom is -0.313 e. The van der Waals surface area contributed by atoms with E-state index in [0.717, 1.165) is 19.5 Å². The Morgan fingerprint density at radius 1 is 1.39 bits per heavy atom. The second-order valence-electron chi connectivity index (χ2n) is 4.94. The minimum absolute atomic E-state index is 0.562. The fourth-order valence-corrected chi connectivity index (χ4v) is 2.67. The lowest BCUT2D eigenvalue weighted by molar-refractivity contribution is 0.549. The van der Waals surface area contributed by atoms with Gasteiger partial charge in [-0.1, -0.05) is 20.8 Å². The highest BCUT2D eigenvalue weighted by Crippen LogP contribution is 2.13. The van der Waals surface area contributed by atoms with Crippen LogP contribution >= 0.6 is 11.8 Å². The minimum atomic E-state index is 0.562. The largest absolute Gasteiger partial charge is 0.313 e. The predicted octanol–water partition coefficient (Wildman–Crippen LogP) is 2.96. The number of aromatic nitrogens is 2. The van der Waals surface area contributed by atoms with Crippen molar-refractivity contribution in [1.82, 2.24) is 15.1 Å². The Labute approximate surface area is 116 Å². The average Bonchev–Trinajstić information content (AvgIpc) is 2.80. The number of rotatable bonds is 9. The van der Waals surface area contributed by atoms with E-state index in [4.69, 9.17) is 0 Å². The summed E-state index contributed by atoms with van der Waals surface area (Å²) in [5.41, 5.74) is 1.34. The molecule has 18 heavy (non-hydrogen) atoms. The summed E-state index contributed by atoms with van der Waals surface area (Å²) in [5, 5.41) is 8.69. The highest BCUT2D eigenvalue weighted by atomic mass is 32.2. The second kappa shape index (κ2) is 8.59. The summed E-state index contributed by atoms with van der Waals surface area (Å²) in [6, 6.07) is 0.562. The smallest absolute Gasteiger partial charge is 0.0522 e. The van der Waals surface area contributed by atoms with Crippen LogP contribution in [0.2, 0.25) is 0 Å². The van der Waals surface area contributed by atoms with Gasteiger partial charge >= 0.3 is 0 Å². The van der Waals surface area contributed by atoms with E-state index in [9.17, 15) is 0 Å². The van der Waals surface area contributed by atoms with Crippen LogP contribution < -0.4 is 5.32 Å². The standard InChI is InChI=1S/C14H27N3S/c1-5-7-15-14(11-18-12(3)4)8-13-9-16-17(6-2)10-13/h9-10,12,14-15H,5-8,11H2,1-4H3. The maximum atomic E-state index is 4.35. The Bertz CT molecular complexity index is 323. The third-order valence-corrected chi connectivity index (χ3v) is 4.07. The van der Waals surface area contributed by atoms with Gasteiger partial charge in [0.15, 0.2) is 0 Å². The summed E-state index contributed by atoms with van der Waals surface area (Å²) < 4.78 is 2.00. The highest BCUT2D eigenvalue weighted by molar-refractivity contribution is 7.99. The molecule has 0 radical (unpaired) electrons. The lowest BCUT2D eigenvalue weighted by Gasteiger charge is -2.18. The van der Waals surface area contributed by atoms with Crippen molar-refractivity contribution in [3.05, 3.63) is 18.0 Å². The molecule has 0 saturated carbocycles. The topological polar surface area (TPSA) is 29.9 Å². The molecule has 1 aromatic heterocycles. The fraction of sp³-hybridized carbons (Fsp3) is 0.786. The maximum absolute atomic E-state index is 4.35. The van der Waals surface area contributed by atoms with E-state index < -0.39 is 0 Å². The van der Waals surface area contributed by atoms with Crippen molar-refractivity contribution in [2.75, 3.05) is 12.3 Å².